The fraction of sp³-hybridized carbons (Fsp3) is 0.593. The van der Waals surface area contributed by atoms with Crippen LogP contribution in [0.2, 0.25) is 0 Å². The average molecular weight is 580 g/mol. The molecule has 0 radical (unpaired) electrons. The van der Waals surface area contributed by atoms with Gasteiger partial charge in [0.25, 0.3) is 11.8 Å². The van der Waals surface area contributed by atoms with E-state index in [4.69, 9.17) is 4.74 Å². The van der Waals surface area contributed by atoms with E-state index in [-0.39, 0.29) is 41.7 Å². The molecule has 1 aromatic rings. The quantitative estimate of drug-likeness (QED) is 0.361. The number of nitrogens with one attached hydrogen (secondary N) is 3. The maximum absolute atomic E-state index is 13.6. The fourth-order valence-corrected chi connectivity index (χ4v) is 5.67. The summed E-state index contributed by atoms with van der Waals surface area (Å²) >= 11 is 0. The van der Waals surface area contributed by atoms with E-state index in [0.717, 1.165) is 17.0 Å². The van der Waals surface area contributed by atoms with Crippen molar-refractivity contribution in [1.82, 2.24) is 15.5 Å². The zero-order valence-electron chi connectivity index (χ0n) is 23.1. The summed E-state index contributed by atoms with van der Waals surface area (Å²) in [4.78, 5) is 52.8. The molecule has 0 aromatic heterocycles. The van der Waals surface area contributed by atoms with Crippen LogP contribution in [0.25, 0.3) is 0 Å². The van der Waals surface area contributed by atoms with Crippen molar-refractivity contribution in [1.29, 1.82) is 5.26 Å². The highest BCUT2D eigenvalue weighted by Gasteiger charge is 2.70. The molecule has 4 rings (SSSR count). The predicted octanol–water partition coefficient (Wildman–Crippen LogP) is 1.32. The molecule has 41 heavy (non-hydrogen) atoms. The molecule has 0 bridgehead atoms. The largest absolute Gasteiger partial charge is 0.478 e. The number of likely N-dealkylation sites (tertiary alicyclic amines) is 1. The van der Waals surface area contributed by atoms with E-state index in [9.17, 15) is 42.7 Å². The average Bonchev–Trinajstić information content (AvgIpc) is 3.18. The number of aliphatic hydroxyl groups is 1. The Morgan fingerprint density at radius 1 is 1.27 bits per heavy atom. The summed E-state index contributed by atoms with van der Waals surface area (Å²) < 4.78 is 46.3. The Kier molecular flexibility index (Phi) is 7.49. The van der Waals surface area contributed by atoms with Gasteiger partial charge in [0.1, 0.15) is 29.7 Å². The van der Waals surface area contributed by atoms with Gasteiger partial charge >= 0.3 is 5.92 Å². The second-order valence-electron chi connectivity index (χ2n) is 12.0. The van der Waals surface area contributed by atoms with E-state index in [1.807, 2.05) is 25.2 Å². The Labute approximate surface area is 234 Å². The number of halogens is 3. The van der Waals surface area contributed by atoms with Crippen LogP contribution in [0.4, 0.5) is 18.9 Å². The van der Waals surface area contributed by atoms with Gasteiger partial charge in [0, 0.05) is 26.0 Å². The van der Waals surface area contributed by atoms with Gasteiger partial charge in [-0.2, -0.15) is 14.0 Å². The van der Waals surface area contributed by atoms with Crippen molar-refractivity contribution in [2.24, 2.45) is 17.3 Å². The first-order valence-electron chi connectivity index (χ1n) is 13.0. The number of nitriles is 1. The minimum Gasteiger partial charge on any atom is -0.478 e. The molecule has 222 valence electrons. The summed E-state index contributed by atoms with van der Waals surface area (Å²) in [5.74, 6) is -8.73. The highest BCUT2D eigenvalue weighted by molar-refractivity contribution is 5.98. The van der Waals surface area contributed by atoms with Crippen LogP contribution in [0.5, 0.6) is 5.75 Å². The number of carbonyl (C=O) groups is 4. The number of hydrogen-bond acceptors (Lipinski definition) is 7. The number of amides is 4. The van der Waals surface area contributed by atoms with Crippen molar-refractivity contribution < 1.29 is 42.2 Å². The monoisotopic (exact) mass is 579 g/mol. The van der Waals surface area contributed by atoms with Gasteiger partial charge in [0.05, 0.1) is 17.4 Å². The van der Waals surface area contributed by atoms with Crippen molar-refractivity contribution in [2.45, 2.75) is 76.8 Å². The molecule has 1 aliphatic carbocycles. The standard InChI is InChI=1S/C27H32F3N5O6/c1-25(2)14-11-35(23(38)20(26(3,4)40)34-24(39)27(5,29)30)19(18(14)25)22(37)32-13(10-31)9-17-21(36)33-15-8-12(28)6-7-16(15)41-17/h6-8,13-14,17-20,40H,9,11H2,1-5H3,(H,32,37)(H,33,36)(H,34,39)/t13-,14?,17-,18?,19?,20+/m0/s1. The smallest absolute Gasteiger partial charge is 0.321 e. The number of ether oxygens (including phenoxy) is 1. The number of nitrogens with zero attached hydrogens (tertiary/aromatic N) is 2. The summed E-state index contributed by atoms with van der Waals surface area (Å²) in [6.45, 7) is 6.57. The van der Waals surface area contributed by atoms with E-state index in [2.05, 4.69) is 10.6 Å². The molecule has 2 aliphatic heterocycles. The molecule has 4 N–H and O–H groups in total. The van der Waals surface area contributed by atoms with Crippen LogP contribution in [0.15, 0.2) is 18.2 Å². The molecule has 2 heterocycles. The van der Waals surface area contributed by atoms with E-state index in [1.165, 1.54) is 19.9 Å². The number of hydrogen-bond donors (Lipinski definition) is 4. The topological polar surface area (TPSA) is 161 Å². The van der Waals surface area contributed by atoms with Gasteiger partial charge in [-0.05, 0) is 43.2 Å². The summed E-state index contributed by atoms with van der Waals surface area (Å²) in [5.41, 5.74) is -2.18. The van der Waals surface area contributed by atoms with Gasteiger partial charge in [-0.1, -0.05) is 13.8 Å². The van der Waals surface area contributed by atoms with Crippen molar-refractivity contribution >= 4 is 29.3 Å². The van der Waals surface area contributed by atoms with E-state index < -0.39 is 65.2 Å². The number of alkyl halides is 2. The molecule has 1 aromatic carbocycles. The normalized spacial score (nSPS) is 25.9. The van der Waals surface area contributed by atoms with Gasteiger partial charge in [-0.15, -0.1) is 0 Å². The van der Waals surface area contributed by atoms with Crippen LogP contribution in [0.1, 0.15) is 41.0 Å². The number of rotatable bonds is 8. The minimum absolute atomic E-state index is 0.0677. The SMILES string of the molecule is CC(F)(F)C(=O)N[C@H](C(=O)N1CC2C(C1C(=O)N[C@H](C#N)C[C@@H]1Oc3ccc(F)cc3NC1=O)C2(C)C)C(C)(C)O. The third-order valence-electron chi connectivity index (χ3n) is 8.07. The molecule has 4 amide bonds. The first kappa shape index (κ1) is 30.1. The van der Waals surface area contributed by atoms with Gasteiger partial charge in [-0.25, -0.2) is 4.39 Å². The number of carbonyl (C=O) groups excluding carboxylic acids is 4. The molecule has 1 saturated heterocycles. The molecule has 0 spiro atoms. The molecule has 2 fully saturated rings. The zero-order valence-corrected chi connectivity index (χ0v) is 23.1. The molecular formula is C27H32F3N5O6. The van der Waals surface area contributed by atoms with Crippen LogP contribution in [-0.4, -0.2) is 75.9 Å². The Morgan fingerprint density at radius 2 is 1.93 bits per heavy atom. The lowest BCUT2D eigenvalue weighted by Gasteiger charge is -2.37. The lowest BCUT2D eigenvalue weighted by molar-refractivity contribution is -0.154. The maximum Gasteiger partial charge on any atom is 0.321 e. The Hall–Kier alpha value is -3.86. The summed E-state index contributed by atoms with van der Waals surface area (Å²) in [6.07, 6.45) is -1.45. The zero-order chi connectivity index (χ0) is 30.7. The number of anilines is 1. The molecule has 6 atom stereocenters. The van der Waals surface area contributed by atoms with Crippen molar-refractivity contribution in [3.8, 4) is 11.8 Å². The lowest BCUT2D eigenvalue weighted by atomic mass is 9.94. The minimum atomic E-state index is -3.82. The van der Waals surface area contributed by atoms with Gasteiger partial charge in [0.15, 0.2) is 6.10 Å². The molecule has 3 aliphatic rings. The number of piperidine rings is 1. The highest BCUT2D eigenvalue weighted by atomic mass is 19.3. The maximum atomic E-state index is 13.6. The molecule has 3 unspecified atom stereocenters. The number of fused-ring (bicyclic) bond motifs is 2. The van der Waals surface area contributed by atoms with E-state index >= 15 is 0 Å². The predicted molar refractivity (Wildman–Crippen MR) is 137 cm³/mol. The second-order valence-corrected chi connectivity index (χ2v) is 12.0. The van der Waals surface area contributed by atoms with Crippen molar-refractivity contribution in [3.05, 3.63) is 24.0 Å². The van der Waals surface area contributed by atoms with E-state index in [1.54, 1.807) is 0 Å². The molecule has 1 saturated carbocycles. The van der Waals surface area contributed by atoms with Crippen LogP contribution < -0.4 is 20.7 Å². The summed E-state index contributed by atoms with van der Waals surface area (Å²) in [6, 6.07) is 1.29. The van der Waals surface area contributed by atoms with E-state index in [0.29, 0.717) is 6.92 Å². The third-order valence-corrected chi connectivity index (χ3v) is 8.07. The van der Waals surface area contributed by atoms with Gasteiger partial charge in [-0.3, -0.25) is 19.2 Å². The second kappa shape index (κ2) is 10.2. The highest BCUT2D eigenvalue weighted by Crippen LogP contribution is 2.65. The molecular weight excluding hydrogens is 547 g/mol. The first-order valence-corrected chi connectivity index (χ1v) is 13.0. The van der Waals surface area contributed by atoms with Crippen molar-refractivity contribution in [3.63, 3.8) is 0 Å². The van der Waals surface area contributed by atoms with Crippen LogP contribution >= 0.6 is 0 Å². The Morgan fingerprint density at radius 3 is 2.51 bits per heavy atom. The Bertz CT molecular complexity index is 1320. The number of benzene rings is 1. The fourth-order valence-electron chi connectivity index (χ4n) is 5.67. The summed E-state index contributed by atoms with van der Waals surface area (Å²) in [5, 5.41) is 27.3. The molecule has 11 nitrogen and oxygen atoms in total. The van der Waals surface area contributed by atoms with Gasteiger partial charge < -0.3 is 30.7 Å². The molecule has 14 heteroatoms. The Balaban J connectivity index is 1.51. The lowest BCUT2D eigenvalue weighted by Crippen LogP contribution is -2.63. The first-order chi connectivity index (χ1) is 18.9. The summed E-state index contributed by atoms with van der Waals surface area (Å²) in [7, 11) is 0. The van der Waals surface area contributed by atoms with Crippen LogP contribution in [0, 0.1) is 34.4 Å². The van der Waals surface area contributed by atoms with Crippen LogP contribution in [0.3, 0.4) is 0 Å². The third kappa shape index (κ3) is 5.81. The van der Waals surface area contributed by atoms with Crippen LogP contribution in [-0.2, 0) is 19.2 Å². The van der Waals surface area contributed by atoms with Crippen molar-refractivity contribution in [2.75, 3.05) is 11.9 Å². The van der Waals surface area contributed by atoms with Gasteiger partial charge in [0.2, 0.25) is 11.8 Å².